The number of aryl methyl sites for hydroxylation is 1. The Hall–Kier alpha value is -2.89. The molecule has 2 heterocycles. The summed E-state index contributed by atoms with van der Waals surface area (Å²) in [7, 11) is 0. The zero-order valence-electron chi connectivity index (χ0n) is 17.5. The number of hydrogen-bond donors (Lipinski definition) is 1. The molecule has 1 aromatic heterocycles. The predicted octanol–water partition coefficient (Wildman–Crippen LogP) is 4.07. The Morgan fingerprint density at radius 1 is 1.24 bits per heavy atom. The first kappa shape index (κ1) is 20.8. The third kappa shape index (κ3) is 5.34. The predicted molar refractivity (Wildman–Crippen MR) is 114 cm³/mol. The number of carbonyl (C=O) groups excluding carboxylic acids is 2. The number of nitrogens with one attached hydrogen (secondary N) is 1. The molecule has 0 spiro atoms. The number of urea groups is 1. The third-order valence-electron chi connectivity index (χ3n) is 5.36. The SMILES string of the molecule is Cc1ccccc1NC(=O)N1CCCC(N(Cc2cccnc2)C(=O)C(C)C)C1. The van der Waals surface area contributed by atoms with Gasteiger partial charge in [0, 0.05) is 49.7 Å². The number of nitrogens with zero attached hydrogens (tertiary/aromatic N) is 3. The standard InChI is InChI=1S/C23H30N4O2/c1-17(2)22(28)27(15-19-9-6-12-24-14-19)20-10-7-13-26(16-20)23(29)25-21-11-5-4-8-18(21)3/h4-6,8-9,11-12,14,17,20H,7,10,13,15-16H2,1-3H3,(H,25,29). The summed E-state index contributed by atoms with van der Waals surface area (Å²) >= 11 is 0. The molecular weight excluding hydrogens is 364 g/mol. The Kier molecular flexibility index (Phi) is 6.86. The Morgan fingerprint density at radius 3 is 2.72 bits per heavy atom. The lowest BCUT2D eigenvalue weighted by Crippen LogP contribution is -2.53. The van der Waals surface area contributed by atoms with Crippen LogP contribution < -0.4 is 5.32 Å². The van der Waals surface area contributed by atoms with Crippen LogP contribution in [0.25, 0.3) is 0 Å². The average molecular weight is 395 g/mol. The molecule has 2 aromatic rings. The van der Waals surface area contributed by atoms with E-state index in [0.717, 1.165) is 29.7 Å². The van der Waals surface area contributed by atoms with Crippen molar-refractivity contribution in [2.75, 3.05) is 18.4 Å². The topological polar surface area (TPSA) is 65.5 Å². The highest BCUT2D eigenvalue weighted by Crippen LogP contribution is 2.22. The maximum atomic E-state index is 12.9. The van der Waals surface area contributed by atoms with Crippen molar-refractivity contribution in [3.8, 4) is 0 Å². The molecule has 0 radical (unpaired) electrons. The molecule has 3 amide bonds. The molecule has 1 aromatic carbocycles. The molecule has 1 fully saturated rings. The van der Waals surface area contributed by atoms with Crippen LogP contribution in [-0.4, -0.2) is 45.9 Å². The van der Waals surface area contributed by atoms with Crippen molar-refractivity contribution in [1.29, 1.82) is 0 Å². The zero-order valence-corrected chi connectivity index (χ0v) is 17.5. The third-order valence-corrected chi connectivity index (χ3v) is 5.36. The smallest absolute Gasteiger partial charge is 0.321 e. The fourth-order valence-electron chi connectivity index (χ4n) is 3.71. The molecule has 1 N–H and O–H groups in total. The van der Waals surface area contributed by atoms with Crippen molar-refractivity contribution in [1.82, 2.24) is 14.8 Å². The van der Waals surface area contributed by atoms with Gasteiger partial charge in [-0.2, -0.15) is 0 Å². The summed E-state index contributed by atoms with van der Waals surface area (Å²) in [6.07, 6.45) is 5.30. The molecule has 1 unspecified atom stereocenters. The second-order valence-corrected chi connectivity index (χ2v) is 7.97. The van der Waals surface area contributed by atoms with Crippen LogP contribution in [0.1, 0.15) is 37.8 Å². The number of pyridine rings is 1. The number of hydrogen-bond acceptors (Lipinski definition) is 3. The van der Waals surface area contributed by atoms with Gasteiger partial charge in [-0.3, -0.25) is 9.78 Å². The van der Waals surface area contributed by atoms with E-state index >= 15 is 0 Å². The molecule has 0 aliphatic carbocycles. The van der Waals surface area contributed by atoms with E-state index in [1.807, 2.05) is 67.0 Å². The van der Waals surface area contributed by atoms with Gasteiger partial charge in [0.05, 0.1) is 0 Å². The van der Waals surface area contributed by atoms with Crippen LogP contribution in [-0.2, 0) is 11.3 Å². The largest absolute Gasteiger partial charge is 0.333 e. The molecule has 1 saturated heterocycles. The fraction of sp³-hybridized carbons (Fsp3) is 0.435. The van der Waals surface area contributed by atoms with Gasteiger partial charge in [-0.1, -0.05) is 38.1 Å². The number of piperidine rings is 1. The maximum Gasteiger partial charge on any atom is 0.321 e. The van der Waals surface area contributed by atoms with Crippen LogP contribution in [0.5, 0.6) is 0 Å². The first-order chi connectivity index (χ1) is 14.0. The van der Waals surface area contributed by atoms with Gasteiger partial charge in [-0.05, 0) is 43.0 Å². The number of rotatable bonds is 5. The van der Waals surface area contributed by atoms with Crippen LogP contribution in [0, 0.1) is 12.8 Å². The first-order valence-corrected chi connectivity index (χ1v) is 10.3. The quantitative estimate of drug-likeness (QED) is 0.831. The van der Waals surface area contributed by atoms with Crippen molar-refractivity contribution < 1.29 is 9.59 Å². The summed E-state index contributed by atoms with van der Waals surface area (Å²) in [6, 6.07) is 11.5. The van der Waals surface area contributed by atoms with Crippen molar-refractivity contribution in [2.24, 2.45) is 5.92 Å². The summed E-state index contributed by atoms with van der Waals surface area (Å²) in [4.78, 5) is 33.7. The lowest BCUT2D eigenvalue weighted by atomic mass is 10.0. The molecule has 29 heavy (non-hydrogen) atoms. The molecular formula is C23H30N4O2. The molecule has 3 rings (SSSR count). The monoisotopic (exact) mass is 394 g/mol. The highest BCUT2D eigenvalue weighted by molar-refractivity contribution is 5.90. The van der Waals surface area contributed by atoms with Crippen LogP contribution in [0.15, 0.2) is 48.8 Å². The summed E-state index contributed by atoms with van der Waals surface area (Å²) < 4.78 is 0. The van der Waals surface area contributed by atoms with E-state index in [0.29, 0.717) is 19.6 Å². The fourth-order valence-corrected chi connectivity index (χ4v) is 3.71. The van der Waals surface area contributed by atoms with Gasteiger partial charge in [-0.15, -0.1) is 0 Å². The van der Waals surface area contributed by atoms with Crippen molar-refractivity contribution in [2.45, 2.75) is 46.2 Å². The molecule has 1 aliphatic heterocycles. The van der Waals surface area contributed by atoms with Crippen molar-refractivity contribution in [3.63, 3.8) is 0 Å². The Balaban J connectivity index is 1.72. The molecule has 6 heteroatoms. The lowest BCUT2D eigenvalue weighted by Gasteiger charge is -2.40. The van der Waals surface area contributed by atoms with E-state index < -0.39 is 0 Å². The number of anilines is 1. The van der Waals surface area contributed by atoms with Crippen LogP contribution in [0.3, 0.4) is 0 Å². The van der Waals surface area contributed by atoms with Crippen molar-refractivity contribution >= 4 is 17.6 Å². The van der Waals surface area contributed by atoms with Gasteiger partial charge in [0.2, 0.25) is 5.91 Å². The van der Waals surface area contributed by atoms with E-state index in [4.69, 9.17) is 0 Å². The highest BCUT2D eigenvalue weighted by Gasteiger charge is 2.31. The number of amides is 3. The number of aromatic nitrogens is 1. The van der Waals surface area contributed by atoms with E-state index in [9.17, 15) is 9.59 Å². The van der Waals surface area contributed by atoms with Gasteiger partial charge in [0.1, 0.15) is 0 Å². The average Bonchev–Trinajstić information content (AvgIpc) is 2.74. The minimum absolute atomic E-state index is 0.00137. The minimum atomic E-state index is -0.109. The van der Waals surface area contributed by atoms with Gasteiger partial charge in [-0.25, -0.2) is 4.79 Å². The van der Waals surface area contributed by atoms with E-state index in [-0.39, 0.29) is 23.9 Å². The number of likely N-dealkylation sites (tertiary alicyclic amines) is 1. The van der Waals surface area contributed by atoms with Gasteiger partial charge < -0.3 is 15.1 Å². The van der Waals surface area contributed by atoms with Gasteiger partial charge in [0.15, 0.2) is 0 Å². The maximum absolute atomic E-state index is 12.9. The van der Waals surface area contributed by atoms with Crippen molar-refractivity contribution in [3.05, 3.63) is 59.9 Å². The summed E-state index contributed by atoms with van der Waals surface area (Å²) in [5.41, 5.74) is 2.86. The molecule has 0 saturated carbocycles. The molecule has 154 valence electrons. The van der Waals surface area contributed by atoms with Gasteiger partial charge in [0.25, 0.3) is 0 Å². The molecule has 6 nitrogen and oxygen atoms in total. The van der Waals surface area contributed by atoms with E-state index in [2.05, 4.69) is 10.3 Å². The van der Waals surface area contributed by atoms with E-state index in [1.165, 1.54) is 0 Å². The Morgan fingerprint density at radius 2 is 2.03 bits per heavy atom. The lowest BCUT2D eigenvalue weighted by molar-refractivity contribution is -0.138. The van der Waals surface area contributed by atoms with Crippen LogP contribution in [0.2, 0.25) is 0 Å². The number of para-hydroxylation sites is 1. The first-order valence-electron chi connectivity index (χ1n) is 10.3. The molecule has 0 bridgehead atoms. The minimum Gasteiger partial charge on any atom is -0.333 e. The zero-order chi connectivity index (χ0) is 20.8. The molecule has 1 atom stereocenters. The van der Waals surface area contributed by atoms with Crippen LogP contribution >= 0.6 is 0 Å². The second-order valence-electron chi connectivity index (χ2n) is 7.97. The van der Waals surface area contributed by atoms with Gasteiger partial charge >= 0.3 is 6.03 Å². The molecule has 1 aliphatic rings. The Bertz CT molecular complexity index is 838. The second kappa shape index (κ2) is 9.54. The normalized spacial score (nSPS) is 16.6. The number of carbonyl (C=O) groups is 2. The summed E-state index contributed by atoms with van der Waals surface area (Å²) in [5, 5.41) is 3.01. The van der Waals surface area contributed by atoms with E-state index in [1.54, 1.807) is 12.4 Å². The number of benzene rings is 1. The van der Waals surface area contributed by atoms with Crippen LogP contribution in [0.4, 0.5) is 10.5 Å². The highest BCUT2D eigenvalue weighted by atomic mass is 16.2. The summed E-state index contributed by atoms with van der Waals surface area (Å²) in [6.45, 7) is 7.57. The summed E-state index contributed by atoms with van der Waals surface area (Å²) in [5.74, 6) is 0.0165. The Labute approximate surface area is 172 Å².